The van der Waals surface area contributed by atoms with Crippen LogP contribution in [0.15, 0.2) is 18.2 Å². The van der Waals surface area contributed by atoms with Gasteiger partial charge in [-0.05, 0) is 19.9 Å². The zero-order chi connectivity index (χ0) is 12.6. The van der Waals surface area contributed by atoms with Gasteiger partial charge < -0.3 is 14.8 Å². The molecule has 1 heterocycles. The molecule has 1 aliphatic heterocycles. The Morgan fingerprint density at radius 3 is 2.82 bits per heavy atom. The molecule has 0 spiro atoms. The molecular formula is C11H12N2O4. The summed E-state index contributed by atoms with van der Waals surface area (Å²) < 4.78 is 5.64. The van der Waals surface area contributed by atoms with Crippen LogP contribution in [-0.4, -0.2) is 22.9 Å². The summed E-state index contributed by atoms with van der Waals surface area (Å²) in [5, 5.41) is 13.6. The standard InChI is InChI=1S/C11H12N2O4/c1-11(2)10(6-14)12-8-5-7(13(15)16)3-4-9(8)17-11/h3-6,10,12H,1-2H3. The van der Waals surface area contributed by atoms with E-state index in [9.17, 15) is 14.9 Å². The SMILES string of the molecule is CC1(C)Oc2ccc([N+](=O)[O-])cc2NC1C=O. The number of aldehydes is 1. The highest BCUT2D eigenvalue weighted by Crippen LogP contribution is 2.37. The Labute approximate surface area is 97.7 Å². The Balaban J connectivity index is 2.42. The van der Waals surface area contributed by atoms with Crippen LogP contribution in [0.5, 0.6) is 5.75 Å². The summed E-state index contributed by atoms with van der Waals surface area (Å²) >= 11 is 0. The maximum absolute atomic E-state index is 10.9. The van der Waals surface area contributed by atoms with Crippen molar-refractivity contribution in [2.75, 3.05) is 5.32 Å². The lowest BCUT2D eigenvalue weighted by Gasteiger charge is -2.38. The van der Waals surface area contributed by atoms with Gasteiger partial charge in [-0.1, -0.05) is 0 Å². The molecule has 0 saturated carbocycles. The zero-order valence-corrected chi connectivity index (χ0v) is 9.47. The number of hydrogen-bond acceptors (Lipinski definition) is 5. The molecule has 0 amide bonds. The highest BCUT2D eigenvalue weighted by atomic mass is 16.6. The Morgan fingerprint density at radius 2 is 2.24 bits per heavy atom. The van der Waals surface area contributed by atoms with E-state index in [1.165, 1.54) is 18.2 Å². The summed E-state index contributed by atoms with van der Waals surface area (Å²) in [6.45, 7) is 3.56. The van der Waals surface area contributed by atoms with Crippen molar-refractivity contribution in [3.63, 3.8) is 0 Å². The monoisotopic (exact) mass is 236 g/mol. The number of rotatable bonds is 2. The summed E-state index contributed by atoms with van der Waals surface area (Å²) in [4.78, 5) is 21.1. The van der Waals surface area contributed by atoms with E-state index in [1.807, 2.05) is 0 Å². The lowest BCUT2D eigenvalue weighted by Crippen LogP contribution is -2.50. The first-order valence-electron chi connectivity index (χ1n) is 5.13. The summed E-state index contributed by atoms with van der Waals surface area (Å²) in [6.07, 6.45) is 0.738. The minimum absolute atomic E-state index is 0.0378. The van der Waals surface area contributed by atoms with Crippen molar-refractivity contribution in [2.24, 2.45) is 0 Å². The second-order valence-corrected chi connectivity index (χ2v) is 4.40. The van der Waals surface area contributed by atoms with Crippen molar-refractivity contribution >= 4 is 17.7 Å². The van der Waals surface area contributed by atoms with Gasteiger partial charge in [0.1, 0.15) is 23.7 Å². The van der Waals surface area contributed by atoms with Crippen molar-refractivity contribution in [3.05, 3.63) is 28.3 Å². The minimum Gasteiger partial charge on any atom is -0.483 e. The molecule has 0 aromatic heterocycles. The van der Waals surface area contributed by atoms with Crippen molar-refractivity contribution in [1.29, 1.82) is 0 Å². The molecule has 0 radical (unpaired) electrons. The topological polar surface area (TPSA) is 81.5 Å². The number of carbonyl (C=O) groups is 1. The summed E-state index contributed by atoms with van der Waals surface area (Å²) in [5.41, 5.74) is -0.245. The van der Waals surface area contributed by atoms with E-state index in [0.29, 0.717) is 11.4 Å². The second kappa shape index (κ2) is 3.73. The van der Waals surface area contributed by atoms with E-state index < -0.39 is 16.6 Å². The molecule has 6 nitrogen and oxygen atoms in total. The minimum atomic E-state index is -0.676. The van der Waals surface area contributed by atoms with Crippen LogP contribution in [-0.2, 0) is 4.79 Å². The lowest BCUT2D eigenvalue weighted by atomic mass is 9.97. The fourth-order valence-electron chi connectivity index (χ4n) is 1.72. The van der Waals surface area contributed by atoms with Gasteiger partial charge in [0.15, 0.2) is 0 Å². The van der Waals surface area contributed by atoms with Crippen molar-refractivity contribution in [1.82, 2.24) is 0 Å². The maximum atomic E-state index is 10.9. The van der Waals surface area contributed by atoms with Crippen LogP contribution in [0.3, 0.4) is 0 Å². The van der Waals surface area contributed by atoms with E-state index in [1.54, 1.807) is 13.8 Å². The first-order chi connectivity index (χ1) is 7.94. The van der Waals surface area contributed by atoms with Crippen molar-refractivity contribution in [3.8, 4) is 5.75 Å². The van der Waals surface area contributed by atoms with Gasteiger partial charge in [-0.2, -0.15) is 0 Å². The molecule has 6 heteroatoms. The van der Waals surface area contributed by atoms with Gasteiger partial charge in [-0.15, -0.1) is 0 Å². The van der Waals surface area contributed by atoms with E-state index in [2.05, 4.69) is 5.32 Å². The molecular weight excluding hydrogens is 224 g/mol. The number of fused-ring (bicyclic) bond motifs is 1. The Hall–Kier alpha value is -2.11. The number of benzene rings is 1. The van der Waals surface area contributed by atoms with Gasteiger partial charge in [0, 0.05) is 12.1 Å². The Bertz CT molecular complexity index is 484. The number of nitrogens with one attached hydrogen (secondary N) is 1. The first kappa shape index (κ1) is 11.4. The predicted octanol–water partition coefficient (Wildman–Crippen LogP) is 1.75. The highest BCUT2D eigenvalue weighted by Gasteiger charge is 2.37. The third kappa shape index (κ3) is 1.93. The van der Waals surface area contributed by atoms with Gasteiger partial charge in [-0.3, -0.25) is 10.1 Å². The fourth-order valence-corrected chi connectivity index (χ4v) is 1.72. The molecule has 1 aliphatic rings. The normalized spacial score (nSPS) is 20.7. The molecule has 0 fully saturated rings. The molecule has 0 saturated heterocycles. The van der Waals surface area contributed by atoms with Crippen LogP contribution in [0, 0.1) is 10.1 Å². The first-order valence-corrected chi connectivity index (χ1v) is 5.13. The average Bonchev–Trinajstić information content (AvgIpc) is 2.26. The number of non-ortho nitro benzene ring substituents is 1. The Kier molecular flexibility index (Phi) is 2.49. The summed E-state index contributed by atoms with van der Waals surface area (Å²) in [5.74, 6) is 0.513. The van der Waals surface area contributed by atoms with Gasteiger partial charge in [-0.25, -0.2) is 0 Å². The van der Waals surface area contributed by atoms with E-state index in [0.717, 1.165) is 6.29 Å². The van der Waals surface area contributed by atoms with Gasteiger partial charge in [0.05, 0.1) is 10.6 Å². The molecule has 1 unspecified atom stereocenters. The number of anilines is 1. The zero-order valence-electron chi connectivity index (χ0n) is 9.47. The van der Waals surface area contributed by atoms with E-state index >= 15 is 0 Å². The fraction of sp³-hybridized carbons (Fsp3) is 0.364. The quantitative estimate of drug-likeness (QED) is 0.480. The van der Waals surface area contributed by atoms with Crippen LogP contribution >= 0.6 is 0 Å². The number of ether oxygens (including phenoxy) is 1. The molecule has 1 atom stereocenters. The largest absolute Gasteiger partial charge is 0.483 e. The lowest BCUT2D eigenvalue weighted by molar-refractivity contribution is -0.384. The number of hydrogen-bond donors (Lipinski definition) is 1. The van der Waals surface area contributed by atoms with Crippen LogP contribution < -0.4 is 10.1 Å². The van der Waals surface area contributed by atoms with Crippen LogP contribution in [0.4, 0.5) is 11.4 Å². The molecule has 0 bridgehead atoms. The number of nitrogens with zero attached hydrogens (tertiary/aromatic N) is 1. The summed E-state index contributed by atoms with van der Waals surface area (Å²) in [7, 11) is 0. The maximum Gasteiger partial charge on any atom is 0.271 e. The molecule has 0 aliphatic carbocycles. The second-order valence-electron chi connectivity index (χ2n) is 4.40. The van der Waals surface area contributed by atoms with Gasteiger partial charge >= 0.3 is 0 Å². The summed E-state index contributed by atoms with van der Waals surface area (Å²) in [6, 6.07) is 3.74. The number of carbonyl (C=O) groups excluding carboxylic acids is 1. The van der Waals surface area contributed by atoms with Gasteiger partial charge in [0.25, 0.3) is 5.69 Å². The smallest absolute Gasteiger partial charge is 0.271 e. The number of nitro groups is 1. The van der Waals surface area contributed by atoms with Crippen molar-refractivity contribution < 1.29 is 14.5 Å². The molecule has 2 rings (SSSR count). The third-order valence-corrected chi connectivity index (χ3v) is 2.74. The third-order valence-electron chi connectivity index (χ3n) is 2.74. The molecule has 1 aromatic rings. The molecule has 1 N–H and O–H groups in total. The molecule has 1 aromatic carbocycles. The van der Waals surface area contributed by atoms with Crippen LogP contribution in [0.2, 0.25) is 0 Å². The van der Waals surface area contributed by atoms with E-state index in [-0.39, 0.29) is 5.69 Å². The van der Waals surface area contributed by atoms with Gasteiger partial charge in [0.2, 0.25) is 0 Å². The predicted molar refractivity (Wildman–Crippen MR) is 61.3 cm³/mol. The van der Waals surface area contributed by atoms with Crippen LogP contribution in [0.25, 0.3) is 0 Å². The van der Waals surface area contributed by atoms with Crippen molar-refractivity contribution in [2.45, 2.75) is 25.5 Å². The molecule has 90 valence electrons. The van der Waals surface area contributed by atoms with E-state index in [4.69, 9.17) is 4.74 Å². The highest BCUT2D eigenvalue weighted by molar-refractivity contribution is 5.73. The van der Waals surface area contributed by atoms with Crippen LogP contribution in [0.1, 0.15) is 13.8 Å². The molecule has 17 heavy (non-hydrogen) atoms. The average molecular weight is 236 g/mol. The Morgan fingerprint density at radius 1 is 1.53 bits per heavy atom. The number of nitro benzene ring substituents is 1.